The molecule has 1 aromatic rings. The number of hydrogen-bond donors (Lipinski definition) is 1. The minimum Gasteiger partial charge on any atom is -0.493 e. The highest BCUT2D eigenvalue weighted by molar-refractivity contribution is 7.91. The van der Waals surface area contributed by atoms with Gasteiger partial charge in [0.15, 0.2) is 21.3 Å². The molecule has 1 fully saturated rings. The van der Waals surface area contributed by atoms with Crippen LogP contribution in [0.2, 0.25) is 0 Å². The summed E-state index contributed by atoms with van der Waals surface area (Å²) >= 11 is 0. The monoisotopic (exact) mass is 356 g/mol. The third-order valence-electron chi connectivity index (χ3n) is 4.23. The molecule has 1 aromatic carbocycles. The Balaban J connectivity index is 2.02. The van der Waals surface area contributed by atoms with Crippen molar-refractivity contribution in [2.75, 3.05) is 44.6 Å². The van der Waals surface area contributed by atoms with Crippen molar-refractivity contribution in [3.05, 3.63) is 17.7 Å². The zero-order valence-corrected chi connectivity index (χ0v) is 15.3. The van der Waals surface area contributed by atoms with E-state index in [1.807, 2.05) is 6.92 Å². The molecule has 1 aliphatic heterocycles. The van der Waals surface area contributed by atoms with Gasteiger partial charge in [-0.25, -0.2) is 8.42 Å². The van der Waals surface area contributed by atoms with Crippen LogP contribution in [0.5, 0.6) is 11.5 Å². The Bertz CT molecular complexity index is 717. The molecule has 1 amide bonds. The number of ether oxygens (including phenoxy) is 2. The lowest BCUT2D eigenvalue weighted by molar-refractivity contribution is -0.117. The molecule has 0 aliphatic carbocycles. The maximum absolute atomic E-state index is 12.3. The minimum atomic E-state index is -2.96. The van der Waals surface area contributed by atoms with Crippen molar-refractivity contribution in [3.63, 3.8) is 0 Å². The number of methoxy groups -OCH3 is 2. The molecule has 1 aliphatic rings. The van der Waals surface area contributed by atoms with Crippen molar-refractivity contribution >= 4 is 21.4 Å². The number of amides is 1. The van der Waals surface area contributed by atoms with E-state index in [4.69, 9.17) is 9.47 Å². The third kappa shape index (κ3) is 4.39. The Hall–Kier alpha value is -1.80. The van der Waals surface area contributed by atoms with Crippen LogP contribution in [0.4, 0.5) is 5.69 Å². The predicted octanol–water partition coefficient (Wildman–Crippen LogP) is 1.07. The second-order valence-electron chi connectivity index (χ2n) is 6.04. The lowest BCUT2D eigenvalue weighted by Gasteiger charge is -2.22. The molecule has 1 heterocycles. The molecular weight excluding hydrogens is 332 g/mol. The number of hydrogen-bond acceptors (Lipinski definition) is 6. The van der Waals surface area contributed by atoms with Crippen molar-refractivity contribution in [1.29, 1.82) is 0 Å². The highest BCUT2D eigenvalue weighted by atomic mass is 32.2. The second-order valence-corrected chi connectivity index (χ2v) is 8.27. The van der Waals surface area contributed by atoms with E-state index in [1.54, 1.807) is 31.2 Å². The summed E-state index contributed by atoms with van der Waals surface area (Å²) in [4.78, 5) is 14.1. The highest BCUT2D eigenvalue weighted by Gasteiger charge is 2.31. The number of carbonyl (C=O) groups is 1. The lowest BCUT2D eigenvalue weighted by Crippen LogP contribution is -2.38. The smallest absolute Gasteiger partial charge is 0.238 e. The molecule has 1 saturated heterocycles. The first-order valence-corrected chi connectivity index (χ1v) is 9.51. The van der Waals surface area contributed by atoms with Gasteiger partial charge in [-0.05, 0) is 32.0 Å². The van der Waals surface area contributed by atoms with Crippen molar-refractivity contribution in [2.24, 2.45) is 0 Å². The summed E-state index contributed by atoms with van der Waals surface area (Å²) in [5.41, 5.74) is 1.50. The fourth-order valence-corrected chi connectivity index (χ4v) is 4.59. The van der Waals surface area contributed by atoms with E-state index in [0.29, 0.717) is 23.6 Å². The Morgan fingerprint density at radius 1 is 1.29 bits per heavy atom. The van der Waals surface area contributed by atoms with Crippen LogP contribution in [-0.2, 0) is 14.6 Å². The maximum atomic E-state index is 12.3. The average Bonchev–Trinajstić information content (AvgIpc) is 2.89. The van der Waals surface area contributed by atoms with Gasteiger partial charge >= 0.3 is 0 Å². The molecule has 1 atom stereocenters. The van der Waals surface area contributed by atoms with E-state index in [2.05, 4.69) is 5.32 Å². The van der Waals surface area contributed by atoms with Gasteiger partial charge in [0.2, 0.25) is 5.91 Å². The van der Waals surface area contributed by atoms with Crippen molar-refractivity contribution in [2.45, 2.75) is 19.4 Å². The fraction of sp³-hybridized carbons (Fsp3) is 0.562. The van der Waals surface area contributed by atoms with Crippen molar-refractivity contribution < 1.29 is 22.7 Å². The van der Waals surface area contributed by atoms with Gasteiger partial charge in [0.25, 0.3) is 0 Å². The van der Waals surface area contributed by atoms with Gasteiger partial charge in [-0.1, -0.05) is 0 Å². The van der Waals surface area contributed by atoms with Gasteiger partial charge in [-0.3, -0.25) is 9.69 Å². The molecule has 8 heteroatoms. The quantitative estimate of drug-likeness (QED) is 0.821. The van der Waals surface area contributed by atoms with Crippen LogP contribution >= 0.6 is 0 Å². The molecule has 7 nitrogen and oxygen atoms in total. The van der Waals surface area contributed by atoms with Crippen LogP contribution in [0.1, 0.15) is 12.0 Å². The van der Waals surface area contributed by atoms with Crippen LogP contribution in [0.15, 0.2) is 12.1 Å². The Morgan fingerprint density at radius 3 is 2.46 bits per heavy atom. The summed E-state index contributed by atoms with van der Waals surface area (Å²) in [5.74, 6) is 1.25. The zero-order valence-electron chi connectivity index (χ0n) is 14.5. The largest absolute Gasteiger partial charge is 0.493 e. The van der Waals surface area contributed by atoms with Crippen LogP contribution in [0.3, 0.4) is 0 Å². The van der Waals surface area contributed by atoms with Crippen molar-refractivity contribution in [1.82, 2.24) is 4.90 Å². The van der Waals surface area contributed by atoms with Crippen molar-refractivity contribution in [3.8, 4) is 11.5 Å². The van der Waals surface area contributed by atoms with Crippen LogP contribution in [0, 0.1) is 6.92 Å². The molecule has 0 spiro atoms. The summed E-state index contributed by atoms with van der Waals surface area (Å²) in [6.07, 6.45) is 0.571. The first kappa shape index (κ1) is 18.5. The lowest BCUT2D eigenvalue weighted by atomic mass is 10.1. The molecule has 0 unspecified atom stereocenters. The predicted molar refractivity (Wildman–Crippen MR) is 92.6 cm³/mol. The molecular formula is C16H24N2O5S. The fourth-order valence-electron chi connectivity index (χ4n) is 2.78. The number of likely N-dealkylation sites (N-methyl/N-ethyl adjacent to an activating group) is 1. The molecule has 1 N–H and O–H groups in total. The van der Waals surface area contributed by atoms with Crippen LogP contribution in [0.25, 0.3) is 0 Å². The summed E-state index contributed by atoms with van der Waals surface area (Å²) in [7, 11) is 1.90. The number of nitrogens with one attached hydrogen (secondary N) is 1. The highest BCUT2D eigenvalue weighted by Crippen LogP contribution is 2.32. The molecule has 0 radical (unpaired) electrons. The van der Waals surface area contributed by atoms with Crippen LogP contribution in [-0.4, -0.2) is 64.6 Å². The van der Waals surface area contributed by atoms with Gasteiger partial charge in [0.05, 0.1) is 32.3 Å². The molecule has 2 rings (SSSR count). The Kier molecular flexibility index (Phi) is 5.71. The number of anilines is 1. The van der Waals surface area contributed by atoms with E-state index >= 15 is 0 Å². The molecule has 0 aromatic heterocycles. The van der Waals surface area contributed by atoms with Gasteiger partial charge in [0, 0.05) is 17.8 Å². The van der Waals surface area contributed by atoms with E-state index < -0.39 is 9.84 Å². The number of nitrogens with zero attached hydrogens (tertiary/aromatic N) is 1. The van der Waals surface area contributed by atoms with E-state index in [9.17, 15) is 13.2 Å². The molecule has 0 saturated carbocycles. The van der Waals surface area contributed by atoms with Gasteiger partial charge in [0.1, 0.15) is 0 Å². The van der Waals surface area contributed by atoms with E-state index in [1.165, 1.54) is 7.11 Å². The number of benzene rings is 1. The normalized spacial score (nSPS) is 19.3. The number of aryl methyl sites for hydroxylation is 1. The topological polar surface area (TPSA) is 84.9 Å². The SMILES string of the molecule is COc1cc(C)c(NC(=O)CN(C)[C@@H]2CCS(=O)(=O)C2)cc1OC. The van der Waals surface area contributed by atoms with E-state index in [-0.39, 0.29) is 30.0 Å². The number of carbonyl (C=O) groups excluding carboxylic acids is 1. The average molecular weight is 356 g/mol. The number of sulfone groups is 1. The molecule has 134 valence electrons. The summed E-state index contributed by atoms with van der Waals surface area (Å²) in [5, 5.41) is 2.85. The van der Waals surface area contributed by atoms with Gasteiger partial charge < -0.3 is 14.8 Å². The summed E-state index contributed by atoms with van der Waals surface area (Å²) < 4.78 is 33.6. The summed E-state index contributed by atoms with van der Waals surface area (Å²) in [6.45, 7) is 2.00. The zero-order chi connectivity index (χ0) is 17.9. The Morgan fingerprint density at radius 2 is 1.92 bits per heavy atom. The minimum absolute atomic E-state index is 0.104. The molecule has 0 bridgehead atoms. The summed E-state index contributed by atoms with van der Waals surface area (Å²) in [6, 6.07) is 3.40. The molecule has 24 heavy (non-hydrogen) atoms. The van der Waals surface area contributed by atoms with Gasteiger partial charge in [-0.2, -0.15) is 0 Å². The first-order chi connectivity index (χ1) is 11.3. The maximum Gasteiger partial charge on any atom is 0.238 e. The van der Waals surface area contributed by atoms with E-state index in [0.717, 1.165) is 5.56 Å². The second kappa shape index (κ2) is 7.40. The van der Waals surface area contributed by atoms with Crippen LogP contribution < -0.4 is 14.8 Å². The van der Waals surface area contributed by atoms with Gasteiger partial charge in [-0.15, -0.1) is 0 Å². The first-order valence-electron chi connectivity index (χ1n) is 7.69. The standard InChI is InChI=1S/C16H24N2O5S/c1-11-7-14(22-3)15(23-4)8-13(11)17-16(19)9-18(2)12-5-6-24(20,21)10-12/h7-8,12H,5-6,9-10H2,1-4H3,(H,17,19)/t12-/m1/s1. The Labute approximate surface area is 142 Å². The third-order valence-corrected chi connectivity index (χ3v) is 5.98. The number of rotatable bonds is 6.